The minimum atomic E-state index is -6.00. The van der Waals surface area contributed by atoms with Crippen molar-refractivity contribution in [2.45, 2.75) is 19.8 Å². The standard InChI is InChI=1S/2C9H7N3S.Ag.BF4/c2*1-3-10-4-2-8(1)13-9-7-11-5-6-12-9;;2-1(3,4)5/h2*1-7H;;/q;;+1;-1. The molecule has 0 N–H and O–H groups in total. The Morgan fingerprint density at radius 3 is 1.16 bits per heavy atom. The molecule has 0 aromatic carbocycles. The molecule has 6 nitrogen and oxygen atoms in total. The number of hydrogen-bond donors (Lipinski definition) is 0. The molecule has 4 heterocycles. The largest absolute Gasteiger partial charge is 1.00 e. The molecule has 0 fully saturated rings. The van der Waals surface area contributed by atoms with Crippen LogP contribution in [-0.4, -0.2) is 37.2 Å². The molecule has 0 atom stereocenters. The molecule has 0 spiro atoms. The van der Waals surface area contributed by atoms with Crippen molar-refractivity contribution in [3.05, 3.63) is 86.2 Å². The maximum Gasteiger partial charge on any atom is 1.00 e. The first-order valence-electron chi connectivity index (χ1n) is 8.45. The van der Waals surface area contributed by atoms with Gasteiger partial charge in [-0.2, -0.15) is 0 Å². The van der Waals surface area contributed by atoms with Crippen LogP contribution in [0, 0.1) is 0 Å². The Hall–Kier alpha value is -2.31. The first kappa shape index (κ1) is 27.7. The van der Waals surface area contributed by atoms with Crippen molar-refractivity contribution in [3.8, 4) is 0 Å². The van der Waals surface area contributed by atoms with Gasteiger partial charge < -0.3 is 17.3 Å². The van der Waals surface area contributed by atoms with E-state index in [1.807, 2.05) is 24.3 Å². The van der Waals surface area contributed by atoms with Crippen LogP contribution in [0.2, 0.25) is 0 Å². The smallest absolute Gasteiger partial charge is 0.418 e. The van der Waals surface area contributed by atoms with Crippen LogP contribution in [0.4, 0.5) is 17.3 Å². The Morgan fingerprint density at radius 1 is 0.531 bits per heavy atom. The van der Waals surface area contributed by atoms with Gasteiger partial charge in [-0.05, 0) is 24.3 Å². The average molecular weight is 573 g/mol. The van der Waals surface area contributed by atoms with E-state index in [0.29, 0.717) is 0 Å². The number of pyridine rings is 2. The van der Waals surface area contributed by atoms with E-state index in [1.54, 1.807) is 85.5 Å². The van der Waals surface area contributed by atoms with Crippen LogP contribution in [0.15, 0.2) is 106 Å². The van der Waals surface area contributed by atoms with E-state index < -0.39 is 7.25 Å². The van der Waals surface area contributed by atoms with Crippen LogP contribution in [0.1, 0.15) is 0 Å². The zero-order chi connectivity index (χ0) is 22.4. The molecule has 32 heavy (non-hydrogen) atoms. The third kappa shape index (κ3) is 13.9. The Labute approximate surface area is 205 Å². The maximum atomic E-state index is 9.75. The van der Waals surface area contributed by atoms with Crippen molar-refractivity contribution in [2.75, 3.05) is 0 Å². The van der Waals surface area contributed by atoms with E-state index in [-0.39, 0.29) is 22.4 Å². The van der Waals surface area contributed by atoms with E-state index >= 15 is 0 Å². The van der Waals surface area contributed by atoms with Crippen molar-refractivity contribution in [1.29, 1.82) is 0 Å². The molecule has 4 rings (SSSR count). The van der Waals surface area contributed by atoms with Gasteiger partial charge >= 0.3 is 29.6 Å². The summed E-state index contributed by atoms with van der Waals surface area (Å²) in [6, 6.07) is 7.78. The second kappa shape index (κ2) is 15.5. The van der Waals surface area contributed by atoms with Crippen LogP contribution in [0.3, 0.4) is 0 Å². The second-order valence-corrected chi connectivity index (χ2v) is 7.34. The first-order chi connectivity index (χ1) is 14.9. The SMILES string of the molecule is F[B-](F)(F)F.[Ag+].c1cc(Sc2cnccn2)ccn1.c1cc(Sc2cnccn2)ccn1. The fourth-order valence-electron chi connectivity index (χ4n) is 1.73. The van der Waals surface area contributed by atoms with Gasteiger partial charge in [0.05, 0.1) is 12.4 Å². The van der Waals surface area contributed by atoms with Gasteiger partial charge in [-0.3, -0.25) is 19.9 Å². The maximum absolute atomic E-state index is 9.75. The minimum Gasteiger partial charge on any atom is -0.418 e. The van der Waals surface area contributed by atoms with Crippen molar-refractivity contribution < 1.29 is 39.6 Å². The number of hydrogen-bond acceptors (Lipinski definition) is 8. The molecule has 0 unspecified atom stereocenters. The van der Waals surface area contributed by atoms with Crippen molar-refractivity contribution in [2.24, 2.45) is 0 Å². The number of aromatic nitrogens is 6. The second-order valence-electron chi connectivity index (χ2n) is 5.15. The molecule has 14 heteroatoms. The molecular weight excluding hydrogens is 559 g/mol. The molecule has 4 aromatic heterocycles. The number of nitrogens with zero attached hydrogens (tertiary/aromatic N) is 6. The first-order valence-corrected chi connectivity index (χ1v) is 10.1. The molecular formula is C18H14AgBF4N6S2. The summed E-state index contributed by atoms with van der Waals surface area (Å²) in [7, 11) is -6.00. The summed E-state index contributed by atoms with van der Waals surface area (Å²) in [5, 5.41) is 1.79. The van der Waals surface area contributed by atoms with Crippen molar-refractivity contribution >= 4 is 30.8 Å². The molecule has 0 aliphatic rings. The van der Waals surface area contributed by atoms with Crippen LogP contribution < -0.4 is 0 Å². The van der Waals surface area contributed by atoms with Crippen LogP contribution in [-0.2, 0) is 22.4 Å². The predicted octanol–water partition coefficient (Wildman–Crippen LogP) is 5.34. The summed E-state index contributed by atoms with van der Waals surface area (Å²) in [5.41, 5.74) is 0. The molecule has 170 valence electrons. The zero-order valence-electron chi connectivity index (χ0n) is 16.0. The zero-order valence-corrected chi connectivity index (χ0v) is 19.1. The van der Waals surface area contributed by atoms with E-state index in [9.17, 15) is 17.3 Å². The van der Waals surface area contributed by atoms with E-state index in [1.165, 1.54) is 0 Å². The van der Waals surface area contributed by atoms with Crippen LogP contribution >= 0.6 is 23.5 Å². The van der Waals surface area contributed by atoms with Gasteiger partial charge in [0.1, 0.15) is 10.1 Å². The van der Waals surface area contributed by atoms with Gasteiger partial charge in [0.2, 0.25) is 0 Å². The Morgan fingerprint density at radius 2 is 0.875 bits per heavy atom. The molecule has 0 aliphatic heterocycles. The summed E-state index contributed by atoms with van der Waals surface area (Å²) in [6.45, 7) is 0. The van der Waals surface area contributed by atoms with Gasteiger partial charge in [-0.25, -0.2) is 9.97 Å². The van der Waals surface area contributed by atoms with E-state index in [0.717, 1.165) is 19.8 Å². The van der Waals surface area contributed by atoms with Crippen LogP contribution in [0.5, 0.6) is 0 Å². The summed E-state index contributed by atoms with van der Waals surface area (Å²) < 4.78 is 39.0. The van der Waals surface area contributed by atoms with Crippen molar-refractivity contribution in [1.82, 2.24) is 29.9 Å². The fourth-order valence-corrected chi connectivity index (χ4v) is 3.18. The Balaban J connectivity index is 0.000000259. The van der Waals surface area contributed by atoms with E-state index in [4.69, 9.17) is 0 Å². The van der Waals surface area contributed by atoms with Gasteiger partial charge in [-0.1, -0.05) is 23.5 Å². The Kier molecular flexibility index (Phi) is 13.4. The Bertz CT molecular complexity index is 836. The molecule has 0 bridgehead atoms. The predicted molar refractivity (Wildman–Crippen MR) is 111 cm³/mol. The number of halogens is 4. The quantitative estimate of drug-likeness (QED) is 0.239. The normalized spacial score (nSPS) is 9.88. The minimum absolute atomic E-state index is 0. The van der Waals surface area contributed by atoms with Gasteiger partial charge in [0, 0.05) is 59.4 Å². The van der Waals surface area contributed by atoms with Crippen molar-refractivity contribution in [3.63, 3.8) is 0 Å². The number of rotatable bonds is 4. The summed E-state index contributed by atoms with van der Waals surface area (Å²) in [6.07, 6.45) is 17.2. The topological polar surface area (TPSA) is 77.3 Å². The van der Waals surface area contributed by atoms with Gasteiger partial charge in [0.25, 0.3) is 0 Å². The van der Waals surface area contributed by atoms with Gasteiger partial charge in [0.15, 0.2) is 0 Å². The molecule has 0 amide bonds. The third-order valence-electron chi connectivity index (χ3n) is 2.82. The molecule has 0 saturated carbocycles. The average Bonchev–Trinajstić information content (AvgIpc) is 2.76. The molecule has 0 saturated heterocycles. The summed E-state index contributed by atoms with van der Waals surface area (Å²) in [5.74, 6) is 0. The summed E-state index contributed by atoms with van der Waals surface area (Å²) >= 11 is 3.15. The van der Waals surface area contributed by atoms with Crippen LogP contribution in [0.25, 0.3) is 0 Å². The molecule has 0 aliphatic carbocycles. The third-order valence-corrected chi connectivity index (χ3v) is 4.68. The summed E-state index contributed by atoms with van der Waals surface area (Å²) in [4.78, 5) is 26.4. The molecule has 4 aromatic rings. The van der Waals surface area contributed by atoms with E-state index in [2.05, 4.69) is 29.9 Å². The molecule has 0 radical (unpaired) electrons. The van der Waals surface area contributed by atoms with Gasteiger partial charge in [-0.15, -0.1) is 0 Å². The monoisotopic (exact) mass is 572 g/mol. The fraction of sp³-hybridized carbons (Fsp3) is 0.